The van der Waals surface area contributed by atoms with Gasteiger partial charge in [-0.2, -0.15) is 0 Å². The van der Waals surface area contributed by atoms with E-state index >= 15 is 0 Å². The summed E-state index contributed by atoms with van der Waals surface area (Å²) >= 11 is 0. The first-order valence-electron chi connectivity index (χ1n) is 13.2. The van der Waals surface area contributed by atoms with Crippen LogP contribution in [0.2, 0.25) is 0 Å². The summed E-state index contributed by atoms with van der Waals surface area (Å²) in [5.41, 5.74) is 12.0. The highest BCUT2D eigenvalue weighted by molar-refractivity contribution is 5.87. The van der Waals surface area contributed by atoms with E-state index in [1.807, 2.05) is 13.8 Å². The van der Waals surface area contributed by atoms with Gasteiger partial charge in [-0.25, -0.2) is 4.79 Å². The highest BCUT2D eigenvalue weighted by atomic mass is 16.5. The van der Waals surface area contributed by atoms with E-state index < -0.39 is 42.2 Å². The van der Waals surface area contributed by atoms with Gasteiger partial charge in [-0.15, -0.1) is 0 Å². The Balaban J connectivity index is 1.91. The minimum atomic E-state index is -1.09. The van der Waals surface area contributed by atoms with Gasteiger partial charge < -0.3 is 41.6 Å². The lowest BCUT2D eigenvalue weighted by Gasteiger charge is -2.37. The number of phenols is 2. The molecule has 0 heterocycles. The van der Waals surface area contributed by atoms with Crippen LogP contribution in [-0.2, 0) is 23.9 Å². The summed E-state index contributed by atoms with van der Waals surface area (Å²) in [4.78, 5) is 36.8. The first-order valence-corrected chi connectivity index (χ1v) is 13.2. The molecule has 12 nitrogen and oxygen atoms in total. The van der Waals surface area contributed by atoms with Gasteiger partial charge in [0.25, 0.3) is 0 Å². The number of phenolic OH excluding ortho intramolecular Hbond substituents is 2. The Hall–Kier alpha value is -3.19. The van der Waals surface area contributed by atoms with Crippen molar-refractivity contribution in [2.75, 3.05) is 13.2 Å². The number of esters is 2. The molecule has 1 unspecified atom stereocenters. The quantitative estimate of drug-likeness (QED) is 0.0563. The van der Waals surface area contributed by atoms with Crippen molar-refractivity contribution in [1.29, 1.82) is 0 Å². The lowest BCUT2D eigenvalue weighted by atomic mass is 9.80. The molecule has 39 heavy (non-hydrogen) atoms. The zero-order valence-electron chi connectivity index (χ0n) is 22.7. The van der Waals surface area contributed by atoms with Crippen molar-refractivity contribution in [2.24, 2.45) is 29.2 Å². The summed E-state index contributed by atoms with van der Waals surface area (Å²) in [5, 5.41) is 36.0. The second-order valence-electron chi connectivity index (χ2n) is 9.78. The van der Waals surface area contributed by atoms with E-state index in [-0.39, 0.29) is 55.4 Å². The van der Waals surface area contributed by atoms with Crippen LogP contribution in [0.1, 0.15) is 52.0 Å². The van der Waals surface area contributed by atoms with Crippen molar-refractivity contribution in [2.45, 2.75) is 70.9 Å². The molecule has 0 radical (unpaired) electrons. The van der Waals surface area contributed by atoms with Gasteiger partial charge in [-0.3, -0.25) is 14.9 Å². The molecule has 1 aromatic carbocycles. The van der Waals surface area contributed by atoms with Crippen LogP contribution in [-0.4, -0.2) is 70.9 Å². The molecule has 9 N–H and O–H groups in total. The Morgan fingerprint density at radius 2 is 1.77 bits per heavy atom. The number of nitrogens with two attached hydrogens (primary N) is 2. The third kappa shape index (κ3) is 9.50. The van der Waals surface area contributed by atoms with Crippen LogP contribution in [0.25, 0.3) is 6.08 Å². The van der Waals surface area contributed by atoms with Crippen molar-refractivity contribution in [3.8, 4) is 11.5 Å². The first kappa shape index (κ1) is 32.0. The van der Waals surface area contributed by atoms with Gasteiger partial charge in [0.05, 0.1) is 25.2 Å². The van der Waals surface area contributed by atoms with E-state index in [2.05, 4.69) is 10.6 Å². The third-order valence-electron chi connectivity index (χ3n) is 7.02. The maximum Gasteiger partial charge on any atom is 0.330 e. The van der Waals surface area contributed by atoms with E-state index in [9.17, 15) is 29.7 Å². The van der Waals surface area contributed by atoms with Crippen molar-refractivity contribution >= 4 is 23.9 Å². The predicted octanol–water partition coefficient (Wildman–Crippen LogP) is 0.685. The fourth-order valence-electron chi connectivity index (χ4n) is 5.13. The van der Waals surface area contributed by atoms with Gasteiger partial charge in [0.2, 0.25) is 5.91 Å². The van der Waals surface area contributed by atoms with E-state index in [1.165, 1.54) is 37.3 Å². The fraction of sp³-hybridized carbons (Fsp3) is 0.593. The van der Waals surface area contributed by atoms with Crippen LogP contribution >= 0.6 is 0 Å². The number of rotatable bonds is 14. The second-order valence-corrected chi connectivity index (χ2v) is 9.78. The summed E-state index contributed by atoms with van der Waals surface area (Å²) in [7, 11) is 0. The molecule has 1 saturated carbocycles. The van der Waals surface area contributed by atoms with Gasteiger partial charge in [-0.1, -0.05) is 32.8 Å². The molecule has 1 aliphatic rings. The average molecular weight is 551 g/mol. The predicted molar refractivity (Wildman–Crippen MR) is 144 cm³/mol. The Kier molecular flexibility index (Phi) is 12.7. The minimum Gasteiger partial charge on any atom is -0.504 e. The highest BCUT2D eigenvalue weighted by Gasteiger charge is 2.51. The summed E-state index contributed by atoms with van der Waals surface area (Å²) in [6.45, 7) is 5.41. The molecule has 5 atom stereocenters. The van der Waals surface area contributed by atoms with Gasteiger partial charge >= 0.3 is 11.9 Å². The minimum absolute atomic E-state index is 0.00137. The first-order chi connectivity index (χ1) is 18.5. The smallest absolute Gasteiger partial charge is 0.330 e. The molecule has 1 aliphatic carbocycles. The Morgan fingerprint density at radius 3 is 2.36 bits per heavy atom. The van der Waals surface area contributed by atoms with Crippen LogP contribution in [0.4, 0.5) is 0 Å². The summed E-state index contributed by atoms with van der Waals surface area (Å²) in [6.07, 6.45) is 2.66. The zero-order valence-corrected chi connectivity index (χ0v) is 22.7. The average Bonchev–Trinajstić information content (AvgIpc) is 3.18. The molecule has 0 bridgehead atoms. The second kappa shape index (κ2) is 15.4. The van der Waals surface area contributed by atoms with E-state index in [0.29, 0.717) is 5.56 Å². The number of ether oxygens (including phenoxy) is 2. The van der Waals surface area contributed by atoms with Crippen molar-refractivity contribution < 1.29 is 39.2 Å². The molecule has 0 saturated heterocycles. The van der Waals surface area contributed by atoms with Gasteiger partial charge in [-0.05, 0) is 36.1 Å². The Labute approximate surface area is 228 Å². The molecule has 2 rings (SSSR count). The molecule has 1 amide bonds. The van der Waals surface area contributed by atoms with Crippen LogP contribution in [0.15, 0.2) is 24.3 Å². The topological polar surface area (TPSA) is 206 Å². The summed E-state index contributed by atoms with van der Waals surface area (Å²) in [5.74, 6) is -3.29. The molecule has 1 fully saturated rings. The Bertz CT molecular complexity index is 998. The standard InChI is InChI=1S/C27H42N4O8/c1-4-17(5-2)24(30-15(3)32)23-19(31-27(28)29)14-18(25(23)36)26(37)39-12-6-11-38-22(35)10-8-16-7-9-20(33)21(34)13-16/h7-10,13,17-19,23-25,27,31,33-34,36H,4-6,11-12,14,28-29H2,1-3H3,(H,30,32)/b10-8+/t18?,19-,23-,24+,25-/m1/s1. The molecule has 12 heteroatoms. The number of hydrogen-bond donors (Lipinski definition) is 7. The number of aliphatic hydroxyl groups is 1. The third-order valence-corrected chi connectivity index (χ3v) is 7.02. The molecule has 1 aromatic rings. The van der Waals surface area contributed by atoms with Crippen LogP contribution < -0.4 is 22.1 Å². The van der Waals surface area contributed by atoms with Gasteiger partial charge in [0.1, 0.15) is 6.29 Å². The van der Waals surface area contributed by atoms with Crippen LogP contribution in [0.5, 0.6) is 11.5 Å². The Morgan fingerprint density at radius 1 is 1.10 bits per heavy atom. The van der Waals surface area contributed by atoms with Gasteiger partial charge in [0, 0.05) is 37.4 Å². The molecule has 218 valence electrons. The number of aliphatic hydroxyl groups excluding tert-OH is 1. The van der Waals surface area contributed by atoms with E-state index in [1.54, 1.807) is 0 Å². The van der Waals surface area contributed by atoms with E-state index in [0.717, 1.165) is 12.8 Å². The molecule has 0 spiro atoms. The number of aromatic hydroxyl groups is 2. The van der Waals surface area contributed by atoms with Gasteiger partial charge in [0.15, 0.2) is 11.5 Å². The number of amides is 1. The fourth-order valence-corrected chi connectivity index (χ4v) is 5.13. The summed E-state index contributed by atoms with van der Waals surface area (Å²) < 4.78 is 10.5. The molecular weight excluding hydrogens is 508 g/mol. The molecule has 0 aliphatic heterocycles. The maximum atomic E-state index is 12.9. The van der Waals surface area contributed by atoms with Crippen molar-refractivity contribution in [1.82, 2.24) is 10.6 Å². The zero-order chi connectivity index (χ0) is 29.1. The van der Waals surface area contributed by atoms with Crippen LogP contribution in [0, 0.1) is 17.8 Å². The van der Waals surface area contributed by atoms with E-state index in [4.69, 9.17) is 20.9 Å². The number of hydrogen-bond acceptors (Lipinski definition) is 11. The summed E-state index contributed by atoms with van der Waals surface area (Å²) in [6, 6.07) is 3.31. The lowest BCUT2D eigenvalue weighted by Crippen LogP contribution is -2.57. The SMILES string of the molecule is CCC(CC)[C@H](NC(C)=O)[C@@H]1[C@H](O)C(C(=O)OCCCOC(=O)/C=C/c2ccc(O)c(O)c2)C[C@H]1NC(N)N. The maximum absolute atomic E-state index is 12.9. The molecular formula is C27H42N4O8. The highest BCUT2D eigenvalue weighted by Crippen LogP contribution is 2.38. The number of carbonyl (C=O) groups is 3. The molecule has 0 aromatic heterocycles. The number of carbonyl (C=O) groups excluding carboxylic acids is 3. The van der Waals surface area contributed by atoms with Crippen molar-refractivity contribution in [3.05, 3.63) is 29.8 Å². The number of benzene rings is 1. The van der Waals surface area contributed by atoms with Crippen LogP contribution in [0.3, 0.4) is 0 Å². The number of nitrogens with one attached hydrogen (secondary N) is 2. The van der Waals surface area contributed by atoms with Crippen molar-refractivity contribution in [3.63, 3.8) is 0 Å². The largest absolute Gasteiger partial charge is 0.504 e. The normalized spacial score (nSPS) is 21.8. The lowest BCUT2D eigenvalue weighted by molar-refractivity contribution is -0.152. The monoisotopic (exact) mass is 550 g/mol.